The number of esters is 1. The lowest BCUT2D eigenvalue weighted by Gasteiger charge is -2.16. The molecule has 0 aromatic carbocycles. The van der Waals surface area contributed by atoms with Crippen LogP contribution in [0.1, 0.15) is 26.7 Å². The number of carbonyl (C=O) groups excluding carboxylic acids is 2. The largest absolute Gasteiger partial charge is 0.462 e. The molecule has 0 aliphatic heterocycles. The lowest BCUT2D eigenvalue weighted by Crippen LogP contribution is -2.21. The summed E-state index contributed by atoms with van der Waals surface area (Å²) >= 11 is 0. The van der Waals surface area contributed by atoms with Gasteiger partial charge >= 0.3 is 5.97 Å². The van der Waals surface area contributed by atoms with Crippen molar-refractivity contribution in [1.29, 1.82) is 0 Å². The molecular formula is C11H15NO3. The van der Waals surface area contributed by atoms with Crippen LogP contribution in [0.15, 0.2) is 22.9 Å². The van der Waals surface area contributed by atoms with Crippen molar-refractivity contribution in [1.82, 2.24) is 0 Å². The minimum atomic E-state index is -0.435. The van der Waals surface area contributed by atoms with E-state index < -0.39 is 5.97 Å². The molecule has 15 heavy (non-hydrogen) atoms. The van der Waals surface area contributed by atoms with Crippen LogP contribution in [-0.4, -0.2) is 18.4 Å². The maximum Gasteiger partial charge on any atom is 0.340 e. The molecule has 0 bridgehead atoms. The zero-order valence-electron chi connectivity index (χ0n) is 9.00. The molecule has 1 aliphatic carbocycles. The molecule has 4 nitrogen and oxygen atoms in total. The molecule has 4 heteroatoms. The molecule has 0 aromatic rings. The summed E-state index contributed by atoms with van der Waals surface area (Å²) in [5.41, 5.74) is 7.04. The number of ketones is 1. The van der Waals surface area contributed by atoms with Crippen LogP contribution in [-0.2, 0) is 14.3 Å². The lowest BCUT2D eigenvalue weighted by atomic mass is 9.93. The van der Waals surface area contributed by atoms with E-state index >= 15 is 0 Å². The quantitative estimate of drug-likeness (QED) is 0.706. The summed E-state index contributed by atoms with van der Waals surface area (Å²) in [6.45, 7) is 3.91. The van der Waals surface area contributed by atoms with Crippen LogP contribution in [0.3, 0.4) is 0 Å². The molecule has 0 atom stereocenters. The Kier molecular flexibility index (Phi) is 3.66. The fourth-order valence-electron chi connectivity index (χ4n) is 1.54. The molecule has 1 aliphatic rings. The number of nitrogens with two attached hydrogens (primary N) is 1. The van der Waals surface area contributed by atoms with Gasteiger partial charge in [-0.05, 0) is 25.0 Å². The smallest absolute Gasteiger partial charge is 0.340 e. The first-order valence-electron chi connectivity index (χ1n) is 4.99. The second-order valence-corrected chi connectivity index (χ2v) is 3.29. The van der Waals surface area contributed by atoms with Gasteiger partial charge in [-0.3, -0.25) is 4.79 Å². The summed E-state index contributed by atoms with van der Waals surface area (Å²) in [5.74, 6) is -0.493. The number of ether oxygens (including phenoxy) is 1. The molecule has 0 amide bonds. The second-order valence-electron chi connectivity index (χ2n) is 3.29. The van der Waals surface area contributed by atoms with Crippen molar-refractivity contribution in [2.75, 3.05) is 6.61 Å². The maximum atomic E-state index is 11.6. The van der Waals surface area contributed by atoms with E-state index in [2.05, 4.69) is 0 Å². The monoisotopic (exact) mass is 209 g/mol. The SMILES string of the molecule is CCOC(=O)C1=C(N)CC(=O)C=C1CC. The Morgan fingerprint density at radius 2 is 2.20 bits per heavy atom. The topological polar surface area (TPSA) is 69.4 Å². The van der Waals surface area contributed by atoms with Crippen LogP contribution in [0.5, 0.6) is 0 Å². The highest BCUT2D eigenvalue weighted by molar-refractivity contribution is 6.03. The van der Waals surface area contributed by atoms with Gasteiger partial charge in [0.1, 0.15) is 0 Å². The summed E-state index contributed by atoms with van der Waals surface area (Å²) < 4.78 is 4.89. The van der Waals surface area contributed by atoms with Crippen LogP contribution in [0, 0.1) is 0 Å². The fraction of sp³-hybridized carbons (Fsp3) is 0.455. The van der Waals surface area contributed by atoms with E-state index in [1.165, 1.54) is 6.08 Å². The van der Waals surface area contributed by atoms with Gasteiger partial charge in [0.15, 0.2) is 5.78 Å². The molecule has 0 aromatic heterocycles. The molecule has 0 fully saturated rings. The number of rotatable bonds is 3. The van der Waals surface area contributed by atoms with Crippen LogP contribution >= 0.6 is 0 Å². The predicted octanol–water partition coefficient (Wildman–Crippen LogP) is 1.07. The van der Waals surface area contributed by atoms with Crippen LogP contribution in [0.4, 0.5) is 0 Å². The molecular weight excluding hydrogens is 194 g/mol. The molecule has 0 heterocycles. The highest BCUT2D eigenvalue weighted by atomic mass is 16.5. The van der Waals surface area contributed by atoms with Crippen molar-refractivity contribution < 1.29 is 14.3 Å². The van der Waals surface area contributed by atoms with Crippen molar-refractivity contribution in [2.24, 2.45) is 5.73 Å². The Balaban J connectivity index is 3.02. The van der Waals surface area contributed by atoms with Gasteiger partial charge in [0, 0.05) is 5.70 Å². The Bertz CT molecular complexity index is 353. The van der Waals surface area contributed by atoms with Crippen molar-refractivity contribution in [3.8, 4) is 0 Å². The summed E-state index contributed by atoms with van der Waals surface area (Å²) in [6.07, 6.45) is 2.18. The molecule has 0 saturated heterocycles. The highest BCUT2D eigenvalue weighted by Crippen LogP contribution is 2.24. The van der Waals surface area contributed by atoms with E-state index in [1.54, 1.807) is 6.92 Å². The average Bonchev–Trinajstić information content (AvgIpc) is 2.16. The number of hydrogen-bond donors (Lipinski definition) is 1. The molecule has 0 unspecified atom stereocenters. The first-order chi connectivity index (χ1) is 7.10. The van der Waals surface area contributed by atoms with E-state index in [4.69, 9.17) is 10.5 Å². The van der Waals surface area contributed by atoms with Crippen molar-refractivity contribution in [2.45, 2.75) is 26.7 Å². The van der Waals surface area contributed by atoms with Gasteiger partial charge < -0.3 is 10.5 Å². The van der Waals surface area contributed by atoms with Crippen LogP contribution in [0.2, 0.25) is 0 Å². The Morgan fingerprint density at radius 3 is 2.73 bits per heavy atom. The summed E-state index contributed by atoms with van der Waals surface area (Å²) in [5, 5.41) is 0. The van der Waals surface area contributed by atoms with Gasteiger partial charge in [0.05, 0.1) is 18.6 Å². The molecule has 2 N–H and O–H groups in total. The van der Waals surface area contributed by atoms with Gasteiger partial charge in [0.25, 0.3) is 0 Å². The van der Waals surface area contributed by atoms with E-state index in [0.717, 1.165) is 0 Å². The Morgan fingerprint density at radius 1 is 1.53 bits per heavy atom. The molecule has 1 rings (SSSR count). The fourth-order valence-corrected chi connectivity index (χ4v) is 1.54. The number of allylic oxidation sites excluding steroid dienone is 2. The third kappa shape index (κ3) is 2.46. The van der Waals surface area contributed by atoms with Crippen LogP contribution in [0.25, 0.3) is 0 Å². The Labute approximate surface area is 88.8 Å². The van der Waals surface area contributed by atoms with Crippen molar-refractivity contribution in [3.05, 3.63) is 22.9 Å². The minimum absolute atomic E-state index is 0.0580. The third-order valence-electron chi connectivity index (χ3n) is 2.20. The number of carbonyl (C=O) groups is 2. The molecule has 0 spiro atoms. The number of hydrogen-bond acceptors (Lipinski definition) is 4. The first-order valence-corrected chi connectivity index (χ1v) is 4.99. The first kappa shape index (κ1) is 11.5. The van der Waals surface area contributed by atoms with E-state index in [0.29, 0.717) is 29.9 Å². The second kappa shape index (κ2) is 4.77. The van der Waals surface area contributed by atoms with Crippen molar-refractivity contribution in [3.63, 3.8) is 0 Å². The summed E-state index contributed by atoms with van der Waals surface area (Å²) in [6, 6.07) is 0. The van der Waals surface area contributed by atoms with Gasteiger partial charge in [0.2, 0.25) is 0 Å². The summed E-state index contributed by atoms with van der Waals surface area (Å²) in [7, 11) is 0. The summed E-state index contributed by atoms with van der Waals surface area (Å²) in [4.78, 5) is 22.8. The zero-order chi connectivity index (χ0) is 11.4. The van der Waals surface area contributed by atoms with E-state index in [1.807, 2.05) is 6.92 Å². The predicted molar refractivity (Wildman–Crippen MR) is 55.8 cm³/mol. The average molecular weight is 209 g/mol. The van der Waals surface area contributed by atoms with Gasteiger partial charge in [-0.2, -0.15) is 0 Å². The van der Waals surface area contributed by atoms with E-state index in [9.17, 15) is 9.59 Å². The van der Waals surface area contributed by atoms with Gasteiger partial charge in [-0.25, -0.2) is 4.79 Å². The van der Waals surface area contributed by atoms with E-state index in [-0.39, 0.29) is 12.2 Å². The van der Waals surface area contributed by atoms with Gasteiger partial charge in [-0.1, -0.05) is 6.92 Å². The highest BCUT2D eigenvalue weighted by Gasteiger charge is 2.24. The van der Waals surface area contributed by atoms with Gasteiger partial charge in [-0.15, -0.1) is 0 Å². The van der Waals surface area contributed by atoms with Crippen molar-refractivity contribution >= 4 is 11.8 Å². The standard InChI is InChI=1S/C11H15NO3/c1-3-7-5-8(13)6-9(12)10(7)11(14)15-4-2/h5H,3-4,6,12H2,1-2H3. The zero-order valence-corrected chi connectivity index (χ0v) is 9.00. The molecule has 82 valence electrons. The molecule has 0 saturated carbocycles. The van der Waals surface area contributed by atoms with Crippen LogP contribution < -0.4 is 5.73 Å². The lowest BCUT2D eigenvalue weighted by molar-refractivity contribution is -0.138. The normalized spacial score (nSPS) is 16.4. The Hall–Kier alpha value is -1.58. The maximum absolute atomic E-state index is 11.6. The third-order valence-corrected chi connectivity index (χ3v) is 2.20. The minimum Gasteiger partial charge on any atom is -0.462 e. The molecule has 0 radical (unpaired) electrons.